The summed E-state index contributed by atoms with van der Waals surface area (Å²) >= 11 is 0. The number of carbonyl (C=O) groups excluding carboxylic acids is 1. The second-order valence-corrected chi connectivity index (χ2v) is 6.78. The zero-order valence-corrected chi connectivity index (χ0v) is 15.4. The lowest BCUT2D eigenvalue weighted by Gasteiger charge is -2.19. The van der Waals surface area contributed by atoms with Crippen LogP contribution in [0.2, 0.25) is 0 Å². The number of anilines is 1. The molecule has 6 nitrogen and oxygen atoms in total. The molecule has 2 aromatic rings. The summed E-state index contributed by atoms with van der Waals surface area (Å²) < 4.78 is 5.93. The Morgan fingerprint density at radius 1 is 1.15 bits per heavy atom. The highest BCUT2D eigenvalue weighted by molar-refractivity contribution is 5.98. The fraction of sp³-hybridized carbons (Fsp3) is 0.333. The molecule has 0 aliphatic carbocycles. The number of aliphatic imine (C=N–C) groups is 1. The number of hydrogen-bond donors (Lipinski definition) is 2. The summed E-state index contributed by atoms with van der Waals surface area (Å²) in [6.45, 7) is 1.58. The summed E-state index contributed by atoms with van der Waals surface area (Å²) in [6.07, 6.45) is 1.86. The molecule has 0 saturated carbocycles. The number of guanidine groups is 1. The molecule has 27 heavy (non-hydrogen) atoms. The third-order valence-electron chi connectivity index (χ3n) is 5.03. The van der Waals surface area contributed by atoms with Gasteiger partial charge in [-0.1, -0.05) is 36.4 Å². The standard InChI is InChI=1S/C21H24N4O2/c1-22-21(23-13-17-12-16-7-3-5-9-19(16)27-17)24-14-20(26)25-11-10-15-6-2-4-8-18(15)25/h2-9,17H,10-14H2,1H3,(H2,22,23,24). The number of rotatable bonds is 4. The van der Waals surface area contributed by atoms with Crippen molar-refractivity contribution in [1.29, 1.82) is 0 Å². The molecule has 0 radical (unpaired) electrons. The van der Waals surface area contributed by atoms with E-state index in [0.717, 1.165) is 30.8 Å². The van der Waals surface area contributed by atoms with Gasteiger partial charge in [-0.3, -0.25) is 9.79 Å². The van der Waals surface area contributed by atoms with Crippen LogP contribution in [0.3, 0.4) is 0 Å². The van der Waals surface area contributed by atoms with Crippen LogP contribution in [-0.4, -0.2) is 44.7 Å². The van der Waals surface area contributed by atoms with Gasteiger partial charge in [-0.25, -0.2) is 0 Å². The minimum atomic E-state index is 0.0485. The molecule has 0 spiro atoms. The maximum atomic E-state index is 12.6. The molecule has 1 amide bonds. The minimum Gasteiger partial charge on any atom is -0.488 e. The molecule has 0 bridgehead atoms. The van der Waals surface area contributed by atoms with E-state index in [0.29, 0.717) is 12.5 Å². The van der Waals surface area contributed by atoms with Crippen LogP contribution in [0.4, 0.5) is 5.69 Å². The molecule has 140 valence electrons. The fourth-order valence-electron chi connectivity index (χ4n) is 3.65. The molecule has 1 unspecified atom stereocenters. The average molecular weight is 364 g/mol. The smallest absolute Gasteiger partial charge is 0.246 e. The van der Waals surface area contributed by atoms with E-state index in [2.05, 4.69) is 27.8 Å². The molecule has 4 rings (SSSR count). The van der Waals surface area contributed by atoms with Crippen molar-refractivity contribution in [2.75, 3.05) is 31.6 Å². The van der Waals surface area contributed by atoms with Gasteiger partial charge in [0.2, 0.25) is 5.91 Å². The number of carbonyl (C=O) groups is 1. The van der Waals surface area contributed by atoms with Crippen molar-refractivity contribution < 1.29 is 9.53 Å². The first kappa shape index (κ1) is 17.4. The molecular formula is C21H24N4O2. The predicted molar refractivity (Wildman–Crippen MR) is 106 cm³/mol. The highest BCUT2D eigenvalue weighted by atomic mass is 16.5. The number of ether oxygens (including phenoxy) is 1. The molecule has 6 heteroatoms. The van der Waals surface area contributed by atoms with Gasteiger partial charge >= 0.3 is 0 Å². The maximum absolute atomic E-state index is 12.6. The van der Waals surface area contributed by atoms with Crippen LogP contribution in [0, 0.1) is 0 Å². The molecule has 0 saturated heterocycles. The van der Waals surface area contributed by atoms with Crippen LogP contribution in [0.1, 0.15) is 11.1 Å². The summed E-state index contributed by atoms with van der Waals surface area (Å²) in [5.74, 6) is 1.61. The van der Waals surface area contributed by atoms with Crippen molar-refractivity contribution in [1.82, 2.24) is 10.6 Å². The van der Waals surface area contributed by atoms with E-state index >= 15 is 0 Å². The summed E-state index contributed by atoms with van der Waals surface area (Å²) in [5.41, 5.74) is 3.48. The third-order valence-corrected chi connectivity index (χ3v) is 5.03. The van der Waals surface area contributed by atoms with Crippen molar-refractivity contribution in [3.05, 3.63) is 59.7 Å². The Balaban J connectivity index is 1.26. The summed E-state index contributed by atoms with van der Waals surface area (Å²) in [7, 11) is 1.70. The van der Waals surface area contributed by atoms with E-state index in [1.54, 1.807) is 7.05 Å². The second kappa shape index (κ2) is 7.70. The van der Waals surface area contributed by atoms with Crippen molar-refractivity contribution >= 4 is 17.6 Å². The van der Waals surface area contributed by atoms with Crippen molar-refractivity contribution in [2.24, 2.45) is 4.99 Å². The molecule has 2 N–H and O–H groups in total. The van der Waals surface area contributed by atoms with Gasteiger partial charge in [-0.2, -0.15) is 0 Å². The molecular weight excluding hydrogens is 340 g/mol. The topological polar surface area (TPSA) is 66.0 Å². The summed E-state index contributed by atoms with van der Waals surface area (Å²) in [6, 6.07) is 16.2. The summed E-state index contributed by atoms with van der Waals surface area (Å²) in [4.78, 5) is 18.6. The van der Waals surface area contributed by atoms with Gasteiger partial charge in [0.05, 0.1) is 13.1 Å². The fourth-order valence-corrected chi connectivity index (χ4v) is 3.65. The minimum absolute atomic E-state index is 0.0485. The number of hydrogen-bond acceptors (Lipinski definition) is 3. The molecule has 2 heterocycles. The second-order valence-electron chi connectivity index (χ2n) is 6.78. The molecule has 0 fully saturated rings. The lowest BCUT2D eigenvalue weighted by Crippen LogP contribution is -2.46. The van der Waals surface area contributed by atoms with Gasteiger partial charge in [-0.05, 0) is 29.7 Å². The van der Waals surface area contributed by atoms with Gasteiger partial charge in [-0.15, -0.1) is 0 Å². The Bertz CT molecular complexity index is 840. The Labute approximate surface area is 159 Å². The number of nitrogens with zero attached hydrogens (tertiary/aromatic N) is 2. The number of benzene rings is 2. The predicted octanol–water partition coefficient (Wildman–Crippen LogP) is 1.74. The Morgan fingerprint density at radius 2 is 1.93 bits per heavy atom. The molecule has 0 aromatic heterocycles. The van der Waals surface area contributed by atoms with Crippen LogP contribution < -0.4 is 20.3 Å². The normalized spacial score (nSPS) is 17.9. The number of amides is 1. The van der Waals surface area contributed by atoms with Crippen LogP contribution >= 0.6 is 0 Å². The third kappa shape index (κ3) is 3.74. The number of para-hydroxylation sites is 2. The number of fused-ring (bicyclic) bond motifs is 2. The largest absolute Gasteiger partial charge is 0.488 e. The lowest BCUT2D eigenvalue weighted by molar-refractivity contribution is -0.117. The first-order valence-electron chi connectivity index (χ1n) is 9.32. The first-order valence-corrected chi connectivity index (χ1v) is 9.32. The van der Waals surface area contributed by atoms with E-state index in [-0.39, 0.29) is 18.6 Å². The van der Waals surface area contributed by atoms with Crippen molar-refractivity contribution in [2.45, 2.75) is 18.9 Å². The zero-order chi connectivity index (χ0) is 18.6. The SMILES string of the molecule is CN=C(NCC(=O)N1CCc2ccccc21)NCC1Cc2ccccc2O1. The van der Waals surface area contributed by atoms with Gasteiger partial charge in [0, 0.05) is 25.7 Å². The molecule has 1 atom stereocenters. The zero-order valence-electron chi connectivity index (χ0n) is 15.4. The van der Waals surface area contributed by atoms with E-state index in [4.69, 9.17) is 4.74 Å². The maximum Gasteiger partial charge on any atom is 0.246 e. The Hall–Kier alpha value is -3.02. The Morgan fingerprint density at radius 3 is 2.74 bits per heavy atom. The number of nitrogens with one attached hydrogen (secondary N) is 2. The van der Waals surface area contributed by atoms with Gasteiger partial charge in [0.25, 0.3) is 0 Å². The molecule has 2 aliphatic rings. The van der Waals surface area contributed by atoms with Gasteiger partial charge in [0.15, 0.2) is 5.96 Å². The van der Waals surface area contributed by atoms with Gasteiger partial charge in [0.1, 0.15) is 11.9 Å². The molecule has 2 aliphatic heterocycles. The average Bonchev–Trinajstić information content (AvgIpc) is 3.31. The quantitative estimate of drug-likeness (QED) is 0.641. The van der Waals surface area contributed by atoms with E-state index < -0.39 is 0 Å². The van der Waals surface area contributed by atoms with E-state index in [1.807, 2.05) is 41.3 Å². The van der Waals surface area contributed by atoms with E-state index in [1.165, 1.54) is 11.1 Å². The van der Waals surface area contributed by atoms with Crippen molar-refractivity contribution in [3.8, 4) is 5.75 Å². The summed E-state index contributed by atoms with van der Waals surface area (Å²) in [5, 5.41) is 6.37. The monoisotopic (exact) mass is 364 g/mol. The first-order chi connectivity index (χ1) is 13.2. The molecule has 2 aromatic carbocycles. The van der Waals surface area contributed by atoms with Crippen LogP contribution in [0.25, 0.3) is 0 Å². The highest BCUT2D eigenvalue weighted by Gasteiger charge is 2.25. The van der Waals surface area contributed by atoms with Crippen LogP contribution in [0.15, 0.2) is 53.5 Å². The van der Waals surface area contributed by atoms with E-state index in [9.17, 15) is 4.79 Å². The van der Waals surface area contributed by atoms with Crippen LogP contribution in [0.5, 0.6) is 5.75 Å². The van der Waals surface area contributed by atoms with Crippen molar-refractivity contribution in [3.63, 3.8) is 0 Å². The van der Waals surface area contributed by atoms with Crippen LogP contribution in [-0.2, 0) is 17.6 Å². The lowest BCUT2D eigenvalue weighted by atomic mass is 10.1. The van der Waals surface area contributed by atoms with Gasteiger partial charge < -0.3 is 20.3 Å². The highest BCUT2D eigenvalue weighted by Crippen LogP contribution is 2.28. The Kier molecular flexibility index (Phi) is 4.96.